The topological polar surface area (TPSA) is 32.5 Å². The summed E-state index contributed by atoms with van der Waals surface area (Å²) in [7, 11) is 4.43. The molecule has 0 radical (unpaired) electrons. The van der Waals surface area contributed by atoms with Gasteiger partial charge in [-0.15, -0.1) is 11.3 Å². The Morgan fingerprint density at radius 3 is 2.74 bits per heavy atom. The van der Waals surface area contributed by atoms with Gasteiger partial charge in [0.2, 0.25) is 0 Å². The molecule has 2 rings (SSSR count). The first-order chi connectivity index (χ1) is 9.10. The normalized spacial score (nSPS) is 24.3. The zero-order valence-electron chi connectivity index (χ0n) is 12.4. The third kappa shape index (κ3) is 4.02. The second-order valence-corrected chi connectivity index (χ2v) is 7.01. The van der Waals surface area contributed by atoms with Gasteiger partial charge in [0.25, 0.3) is 0 Å². The summed E-state index contributed by atoms with van der Waals surface area (Å²) in [5.41, 5.74) is 6.49. The second kappa shape index (κ2) is 6.84. The number of hydrogen-bond acceptors (Lipinski definition) is 4. The van der Waals surface area contributed by atoms with E-state index in [1.54, 1.807) is 0 Å². The number of nitrogens with two attached hydrogens (primary N) is 1. The van der Waals surface area contributed by atoms with Crippen LogP contribution in [0.4, 0.5) is 0 Å². The summed E-state index contributed by atoms with van der Waals surface area (Å²) in [4.78, 5) is 7.76. The average Bonchev–Trinajstić information content (AvgIpc) is 2.75. The van der Waals surface area contributed by atoms with E-state index in [0.29, 0.717) is 6.04 Å². The van der Waals surface area contributed by atoms with Crippen LogP contribution in [-0.2, 0) is 12.8 Å². The molecule has 0 spiro atoms. The van der Waals surface area contributed by atoms with E-state index in [0.717, 1.165) is 25.9 Å². The fourth-order valence-electron chi connectivity index (χ4n) is 2.86. The molecular formula is C15H27N3S. The Morgan fingerprint density at radius 1 is 1.32 bits per heavy atom. The third-order valence-electron chi connectivity index (χ3n) is 4.11. The van der Waals surface area contributed by atoms with Crippen molar-refractivity contribution in [2.75, 3.05) is 33.7 Å². The van der Waals surface area contributed by atoms with Crippen molar-refractivity contribution in [2.45, 2.75) is 38.3 Å². The first-order valence-electron chi connectivity index (χ1n) is 7.32. The van der Waals surface area contributed by atoms with Gasteiger partial charge >= 0.3 is 0 Å². The molecular weight excluding hydrogens is 254 g/mol. The molecule has 2 N–H and O–H groups in total. The number of likely N-dealkylation sites (N-methyl/N-ethyl adjacent to an activating group) is 2. The quantitative estimate of drug-likeness (QED) is 0.914. The summed E-state index contributed by atoms with van der Waals surface area (Å²) >= 11 is 1.92. The first kappa shape index (κ1) is 15.0. The molecule has 1 aromatic rings. The minimum absolute atomic E-state index is 0.230. The lowest BCUT2D eigenvalue weighted by atomic mass is 10.0. The molecule has 2 atom stereocenters. The highest BCUT2D eigenvalue weighted by Gasteiger charge is 2.26. The molecule has 0 saturated carbocycles. The predicted molar refractivity (Wildman–Crippen MR) is 83.9 cm³/mol. The minimum Gasteiger partial charge on any atom is -0.326 e. The van der Waals surface area contributed by atoms with Gasteiger partial charge in [-0.3, -0.25) is 0 Å². The molecule has 1 aliphatic heterocycles. The van der Waals surface area contributed by atoms with Crippen LogP contribution in [0.5, 0.6) is 0 Å². The van der Waals surface area contributed by atoms with Gasteiger partial charge < -0.3 is 15.5 Å². The van der Waals surface area contributed by atoms with Crippen LogP contribution in [0.1, 0.15) is 23.1 Å². The highest BCUT2D eigenvalue weighted by molar-refractivity contribution is 7.11. The van der Waals surface area contributed by atoms with E-state index in [1.807, 2.05) is 11.3 Å². The summed E-state index contributed by atoms with van der Waals surface area (Å²) in [5, 5.41) is 0. The van der Waals surface area contributed by atoms with Gasteiger partial charge in [-0.1, -0.05) is 6.92 Å². The van der Waals surface area contributed by atoms with Crippen LogP contribution in [-0.4, -0.2) is 55.6 Å². The van der Waals surface area contributed by atoms with Crippen molar-refractivity contribution < 1.29 is 0 Å². The standard InChI is InChI=1S/C15H27N3S/c1-4-12-6-7-13(19-12)10-14(16)15-11-17(2)8-5-9-18(15)3/h6-7,14-15H,4-5,8-11,16H2,1-3H3. The highest BCUT2D eigenvalue weighted by atomic mass is 32.1. The number of rotatable bonds is 4. The Kier molecular flexibility index (Phi) is 5.39. The summed E-state index contributed by atoms with van der Waals surface area (Å²) in [6, 6.07) is 5.20. The molecule has 0 aromatic carbocycles. The lowest BCUT2D eigenvalue weighted by Gasteiger charge is -2.32. The Morgan fingerprint density at radius 2 is 2.05 bits per heavy atom. The van der Waals surface area contributed by atoms with Gasteiger partial charge in [0, 0.05) is 28.4 Å². The summed E-state index contributed by atoms with van der Waals surface area (Å²) in [6.45, 7) is 5.65. The fraction of sp³-hybridized carbons (Fsp3) is 0.733. The van der Waals surface area contributed by atoms with Crippen molar-refractivity contribution in [2.24, 2.45) is 5.73 Å². The molecule has 1 aromatic heterocycles. The molecule has 0 aliphatic carbocycles. The van der Waals surface area contributed by atoms with Crippen LogP contribution in [0.2, 0.25) is 0 Å². The van der Waals surface area contributed by atoms with Crippen molar-refractivity contribution in [3.05, 3.63) is 21.9 Å². The van der Waals surface area contributed by atoms with Crippen LogP contribution >= 0.6 is 11.3 Å². The number of thiophene rings is 1. The molecule has 1 saturated heterocycles. The largest absolute Gasteiger partial charge is 0.326 e. The van der Waals surface area contributed by atoms with Crippen molar-refractivity contribution in [3.63, 3.8) is 0 Å². The average molecular weight is 281 g/mol. The highest BCUT2D eigenvalue weighted by Crippen LogP contribution is 2.20. The van der Waals surface area contributed by atoms with E-state index in [9.17, 15) is 0 Å². The molecule has 2 heterocycles. The molecule has 0 bridgehead atoms. The number of aryl methyl sites for hydroxylation is 1. The van der Waals surface area contributed by atoms with E-state index < -0.39 is 0 Å². The minimum atomic E-state index is 0.230. The fourth-order valence-corrected chi connectivity index (χ4v) is 3.89. The Bertz CT molecular complexity index is 390. The van der Waals surface area contributed by atoms with Crippen LogP contribution < -0.4 is 5.73 Å². The molecule has 1 aliphatic rings. The van der Waals surface area contributed by atoms with Gasteiger partial charge in [0.15, 0.2) is 0 Å². The molecule has 0 amide bonds. The van der Waals surface area contributed by atoms with Crippen molar-refractivity contribution in [1.29, 1.82) is 0 Å². The monoisotopic (exact) mass is 281 g/mol. The van der Waals surface area contributed by atoms with Crippen LogP contribution in [0.3, 0.4) is 0 Å². The summed E-state index contributed by atoms with van der Waals surface area (Å²) < 4.78 is 0. The lowest BCUT2D eigenvalue weighted by molar-refractivity contribution is 0.195. The van der Waals surface area contributed by atoms with Gasteiger partial charge in [-0.05, 0) is 58.6 Å². The maximum absolute atomic E-state index is 6.49. The van der Waals surface area contributed by atoms with E-state index in [1.165, 1.54) is 22.7 Å². The molecule has 108 valence electrons. The lowest BCUT2D eigenvalue weighted by Crippen LogP contribution is -2.51. The smallest absolute Gasteiger partial charge is 0.0374 e. The van der Waals surface area contributed by atoms with Gasteiger partial charge in [-0.25, -0.2) is 0 Å². The van der Waals surface area contributed by atoms with Crippen LogP contribution in [0.25, 0.3) is 0 Å². The van der Waals surface area contributed by atoms with E-state index in [-0.39, 0.29) is 6.04 Å². The maximum Gasteiger partial charge on any atom is 0.0374 e. The molecule has 19 heavy (non-hydrogen) atoms. The van der Waals surface area contributed by atoms with Crippen molar-refractivity contribution in [3.8, 4) is 0 Å². The SMILES string of the molecule is CCc1ccc(CC(N)C2CN(C)CCCN2C)s1. The van der Waals surface area contributed by atoms with Gasteiger partial charge in [-0.2, -0.15) is 0 Å². The van der Waals surface area contributed by atoms with Crippen molar-refractivity contribution in [1.82, 2.24) is 9.80 Å². The zero-order chi connectivity index (χ0) is 13.8. The van der Waals surface area contributed by atoms with Gasteiger partial charge in [0.1, 0.15) is 0 Å². The van der Waals surface area contributed by atoms with Crippen LogP contribution in [0.15, 0.2) is 12.1 Å². The zero-order valence-corrected chi connectivity index (χ0v) is 13.2. The van der Waals surface area contributed by atoms with E-state index in [4.69, 9.17) is 5.73 Å². The third-order valence-corrected chi connectivity index (χ3v) is 5.36. The van der Waals surface area contributed by atoms with E-state index >= 15 is 0 Å². The predicted octanol–water partition coefficient (Wildman–Crippen LogP) is 1.82. The number of hydrogen-bond donors (Lipinski definition) is 1. The first-order valence-corrected chi connectivity index (χ1v) is 8.13. The number of nitrogens with zero attached hydrogens (tertiary/aromatic N) is 2. The molecule has 4 heteroatoms. The van der Waals surface area contributed by atoms with Gasteiger partial charge in [0.05, 0.1) is 0 Å². The second-order valence-electron chi connectivity index (χ2n) is 5.75. The Hall–Kier alpha value is -0.420. The maximum atomic E-state index is 6.49. The molecule has 2 unspecified atom stereocenters. The summed E-state index contributed by atoms with van der Waals surface area (Å²) in [6.07, 6.45) is 3.38. The van der Waals surface area contributed by atoms with E-state index in [2.05, 4.69) is 43.0 Å². The molecule has 1 fully saturated rings. The summed E-state index contributed by atoms with van der Waals surface area (Å²) in [5.74, 6) is 0. The molecule has 3 nitrogen and oxygen atoms in total. The van der Waals surface area contributed by atoms with Crippen LogP contribution in [0, 0.1) is 0 Å². The Labute approximate surface area is 121 Å². The van der Waals surface area contributed by atoms with Crippen molar-refractivity contribution >= 4 is 11.3 Å². The Balaban J connectivity index is 1.98.